The van der Waals surface area contributed by atoms with Crippen LogP contribution in [-0.4, -0.2) is 18.2 Å². The Morgan fingerprint density at radius 3 is 2.67 bits per heavy atom. The van der Waals surface area contributed by atoms with Crippen molar-refractivity contribution in [1.82, 2.24) is 5.32 Å². The van der Waals surface area contributed by atoms with Crippen molar-refractivity contribution in [3.05, 3.63) is 33.3 Å². The molecule has 1 aromatic carbocycles. The number of ketones is 1. The minimum Gasteiger partial charge on any atom is -0.345 e. The van der Waals surface area contributed by atoms with Gasteiger partial charge in [-0.25, -0.2) is 0 Å². The summed E-state index contributed by atoms with van der Waals surface area (Å²) in [5.74, 6) is -0.445. The number of benzene rings is 1. The number of carbonyl (C=O) groups excluding carboxylic acids is 2. The van der Waals surface area contributed by atoms with E-state index in [-0.39, 0.29) is 18.2 Å². The Hall–Kier alpha value is -0.870. The first-order chi connectivity index (χ1) is 7.00. The predicted molar refractivity (Wildman–Crippen MR) is 62.2 cm³/mol. The molecule has 0 spiro atoms. The molecule has 0 unspecified atom stereocenters. The highest BCUT2D eigenvalue weighted by Gasteiger charge is 2.10. The Balaban J connectivity index is 2.78. The Morgan fingerprint density at radius 2 is 2.13 bits per heavy atom. The summed E-state index contributed by atoms with van der Waals surface area (Å²) < 4.78 is 0.801. The van der Waals surface area contributed by atoms with Crippen LogP contribution in [0.1, 0.15) is 17.3 Å². The highest BCUT2D eigenvalue weighted by molar-refractivity contribution is 9.10. The molecule has 80 valence electrons. The molecular formula is C10H9BrClNO2. The quantitative estimate of drug-likeness (QED) is 0.929. The lowest BCUT2D eigenvalue weighted by atomic mass is 10.2. The van der Waals surface area contributed by atoms with Crippen molar-refractivity contribution in [3.63, 3.8) is 0 Å². The van der Waals surface area contributed by atoms with Gasteiger partial charge in [0.2, 0.25) is 0 Å². The summed E-state index contributed by atoms with van der Waals surface area (Å²) in [5, 5.41) is 2.82. The second kappa shape index (κ2) is 5.28. The van der Waals surface area contributed by atoms with E-state index in [4.69, 9.17) is 11.6 Å². The van der Waals surface area contributed by atoms with E-state index in [1.165, 1.54) is 6.92 Å². The summed E-state index contributed by atoms with van der Waals surface area (Å²) >= 11 is 9.10. The Bertz CT molecular complexity index is 406. The lowest BCUT2D eigenvalue weighted by molar-refractivity contribution is -0.116. The zero-order chi connectivity index (χ0) is 11.4. The fraction of sp³-hybridized carbons (Fsp3) is 0.200. The number of halogens is 2. The zero-order valence-electron chi connectivity index (χ0n) is 8.01. The van der Waals surface area contributed by atoms with Crippen LogP contribution in [0.5, 0.6) is 0 Å². The van der Waals surface area contributed by atoms with Crippen molar-refractivity contribution < 1.29 is 9.59 Å². The van der Waals surface area contributed by atoms with Crippen LogP contribution in [0, 0.1) is 0 Å². The molecule has 0 aliphatic heterocycles. The average molecular weight is 291 g/mol. The van der Waals surface area contributed by atoms with E-state index < -0.39 is 0 Å². The molecule has 0 aliphatic rings. The van der Waals surface area contributed by atoms with Crippen LogP contribution in [0.4, 0.5) is 0 Å². The van der Waals surface area contributed by atoms with Gasteiger partial charge in [0, 0.05) is 4.47 Å². The van der Waals surface area contributed by atoms with Crippen molar-refractivity contribution in [1.29, 1.82) is 0 Å². The van der Waals surface area contributed by atoms with Crippen LogP contribution in [-0.2, 0) is 4.79 Å². The molecule has 0 fully saturated rings. The van der Waals surface area contributed by atoms with Gasteiger partial charge in [-0.2, -0.15) is 0 Å². The Labute approximate surface area is 101 Å². The van der Waals surface area contributed by atoms with Crippen LogP contribution >= 0.6 is 27.5 Å². The Morgan fingerprint density at radius 1 is 1.47 bits per heavy atom. The van der Waals surface area contributed by atoms with Crippen molar-refractivity contribution >= 4 is 39.2 Å². The lowest BCUT2D eigenvalue weighted by Gasteiger charge is -2.05. The molecule has 0 radical (unpaired) electrons. The molecule has 1 aromatic rings. The van der Waals surface area contributed by atoms with Gasteiger partial charge in [0.25, 0.3) is 5.91 Å². The summed E-state index contributed by atoms with van der Waals surface area (Å²) in [5.41, 5.74) is 0.362. The molecule has 0 saturated heterocycles. The molecule has 0 aromatic heterocycles. The largest absolute Gasteiger partial charge is 0.345 e. The maximum Gasteiger partial charge on any atom is 0.253 e. The van der Waals surface area contributed by atoms with E-state index in [1.54, 1.807) is 18.2 Å². The second-order valence-electron chi connectivity index (χ2n) is 3.01. The average Bonchev–Trinajstić information content (AvgIpc) is 2.14. The van der Waals surface area contributed by atoms with Crippen molar-refractivity contribution in [3.8, 4) is 0 Å². The number of carbonyl (C=O) groups is 2. The SMILES string of the molecule is CC(=O)CNC(=O)c1ccc(Br)cc1Cl. The summed E-state index contributed by atoms with van der Waals surface area (Å²) in [6, 6.07) is 4.95. The van der Waals surface area contributed by atoms with Crippen LogP contribution in [0.3, 0.4) is 0 Å². The number of hydrogen-bond acceptors (Lipinski definition) is 2. The minimum absolute atomic E-state index is 0.0191. The molecule has 0 aliphatic carbocycles. The number of rotatable bonds is 3. The summed E-state index contributed by atoms with van der Waals surface area (Å²) in [4.78, 5) is 22.2. The number of hydrogen-bond donors (Lipinski definition) is 1. The van der Waals surface area contributed by atoms with Crippen LogP contribution < -0.4 is 5.32 Å². The summed E-state index contributed by atoms with van der Waals surface area (Å²) in [6.07, 6.45) is 0. The lowest BCUT2D eigenvalue weighted by Crippen LogP contribution is -2.28. The highest BCUT2D eigenvalue weighted by Crippen LogP contribution is 2.21. The van der Waals surface area contributed by atoms with E-state index in [1.807, 2.05) is 0 Å². The third-order valence-corrected chi connectivity index (χ3v) is 2.48. The monoisotopic (exact) mass is 289 g/mol. The minimum atomic E-state index is -0.345. The molecular weight excluding hydrogens is 281 g/mol. The molecule has 0 saturated carbocycles. The fourth-order valence-corrected chi connectivity index (χ4v) is 1.73. The molecule has 0 atom stereocenters. The van der Waals surface area contributed by atoms with E-state index in [0.29, 0.717) is 10.6 Å². The molecule has 1 amide bonds. The van der Waals surface area contributed by atoms with Gasteiger partial charge in [0.05, 0.1) is 17.1 Å². The molecule has 1 rings (SSSR count). The number of amides is 1. The van der Waals surface area contributed by atoms with E-state index in [9.17, 15) is 9.59 Å². The van der Waals surface area contributed by atoms with Gasteiger partial charge in [-0.15, -0.1) is 0 Å². The summed E-state index contributed by atoms with van der Waals surface area (Å²) in [7, 11) is 0. The molecule has 15 heavy (non-hydrogen) atoms. The highest BCUT2D eigenvalue weighted by atomic mass is 79.9. The maximum atomic E-state index is 11.5. The van der Waals surface area contributed by atoms with Crippen molar-refractivity contribution in [2.24, 2.45) is 0 Å². The molecule has 0 bridgehead atoms. The van der Waals surface area contributed by atoms with Gasteiger partial charge >= 0.3 is 0 Å². The molecule has 5 heteroatoms. The van der Waals surface area contributed by atoms with Crippen LogP contribution in [0.25, 0.3) is 0 Å². The Kier molecular flexibility index (Phi) is 4.29. The van der Waals surface area contributed by atoms with Crippen LogP contribution in [0.2, 0.25) is 5.02 Å². The van der Waals surface area contributed by atoms with E-state index in [0.717, 1.165) is 4.47 Å². The van der Waals surface area contributed by atoms with Gasteiger partial charge in [-0.1, -0.05) is 27.5 Å². The second-order valence-corrected chi connectivity index (χ2v) is 4.33. The van der Waals surface area contributed by atoms with Crippen LogP contribution in [0.15, 0.2) is 22.7 Å². The smallest absolute Gasteiger partial charge is 0.253 e. The standard InChI is InChI=1S/C10H9BrClNO2/c1-6(14)5-13-10(15)8-3-2-7(11)4-9(8)12/h2-4H,5H2,1H3,(H,13,15). The van der Waals surface area contributed by atoms with E-state index in [2.05, 4.69) is 21.2 Å². The van der Waals surface area contributed by atoms with E-state index >= 15 is 0 Å². The normalized spacial score (nSPS) is 9.80. The fourth-order valence-electron chi connectivity index (χ4n) is 0.974. The molecule has 3 nitrogen and oxygen atoms in total. The zero-order valence-corrected chi connectivity index (χ0v) is 10.4. The van der Waals surface area contributed by atoms with Gasteiger partial charge in [-0.05, 0) is 25.1 Å². The first-order valence-corrected chi connectivity index (χ1v) is 5.40. The van der Waals surface area contributed by atoms with Gasteiger partial charge < -0.3 is 5.32 Å². The van der Waals surface area contributed by atoms with Gasteiger partial charge in [0.1, 0.15) is 5.78 Å². The molecule has 0 heterocycles. The molecule has 1 N–H and O–H groups in total. The maximum absolute atomic E-state index is 11.5. The van der Waals surface area contributed by atoms with Crippen molar-refractivity contribution in [2.45, 2.75) is 6.92 Å². The topological polar surface area (TPSA) is 46.2 Å². The van der Waals surface area contributed by atoms with Gasteiger partial charge in [0.15, 0.2) is 0 Å². The number of Topliss-reactive ketones (excluding diaryl/α,β-unsaturated/α-hetero) is 1. The van der Waals surface area contributed by atoms with Gasteiger partial charge in [-0.3, -0.25) is 9.59 Å². The first kappa shape index (κ1) is 12.2. The number of nitrogens with one attached hydrogen (secondary N) is 1. The summed E-state index contributed by atoms with van der Waals surface area (Å²) in [6.45, 7) is 1.43. The van der Waals surface area contributed by atoms with Crippen molar-refractivity contribution in [2.75, 3.05) is 6.54 Å². The predicted octanol–water partition coefficient (Wildman–Crippen LogP) is 2.42. The third kappa shape index (κ3) is 3.64. The third-order valence-electron chi connectivity index (χ3n) is 1.67. The first-order valence-electron chi connectivity index (χ1n) is 4.23.